The van der Waals surface area contributed by atoms with Crippen LogP contribution in [0, 0.1) is 0 Å². The maximum absolute atomic E-state index is 12.2. The van der Waals surface area contributed by atoms with Crippen LogP contribution in [0.5, 0.6) is 0 Å². The van der Waals surface area contributed by atoms with Gasteiger partial charge in [0, 0.05) is 19.1 Å². The second-order valence-electron chi connectivity index (χ2n) is 6.00. The molecule has 2 N–H and O–H groups in total. The van der Waals surface area contributed by atoms with Crippen molar-refractivity contribution in [3.63, 3.8) is 0 Å². The number of piperidine rings is 1. The van der Waals surface area contributed by atoms with Crippen LogP contribution in [-0.2, 0) is 9.53 Å². The number of hydrogen-bond donors (Lipinski definition) is 2. The number of hydrogen-bond acceptors (Lipinski definition) is 4. The molecule has 0 spiro atoms. The number of carbonyl (C=O) groups excluding carboxylic acids is 1. The molecule has 5 nitrogen and oxygen atoms in total. The molecule has 2 rings (SSSR count). The molecule has 1 aliphatic heterocycles. The minimum Gasteiger partial charge on any atom is -0.394 e. The van der Waals surface area contributed by atoms with Gasteiger partial charge in [-0.3, -0.25) is 9.69 Å². The monoisotopic (exact) mass is 284 g/mol. The Kier molecular flexibility index (Phi) is 6.26. The standard InChI is InChI=1S/C15H28N2O3/c1-12(15(19)16-13-4-2-3-5-13)17-8-6-14(7-9-17)20-11-10-18/h12-14,18H,2-11H2,1H3,(H,16,19). The molecule has 116 valence electrons. The number of amides is 1. The summed E-state index contributed by atoms with van der Waals surface area (Å²) >= 11 is 0. The fraction of sp³-hybridized carbons (Fsp3) is 0.933. The lowest BCUT2D eigenvalue weighted by molar-refractivity contribution is -0.127. The van der Waals surface area contributed by atoms with Gasteiger partial charge in [-0.1, -0.05) is 12.8 Å². The van der Waals surface area contributed by atoms with E-state index in [1.807, 2.05) is 6.92 Å². The molecule has 2 aliphatic rings. The first kappa shape index (κ1) is 15.7. The SMILES string of the molecule is CC(C(=O)NC1CCCC1)N1CCC(OCCO)CC1. The van der Waals surface area contributed by atoms with E-state index in [2.05, 4.69) is 10.2 Å². The van der Waals surface area contributed by atoms with E-state index in [4.69, 9.17) is 9.84 Å². The zero-order valence-corrected chi connectivity index (χ0v) is 12.5. The van der Waals surface area contributed by atoms with Crippen LogP contribution >= 0.6 is 0 Å². The van der Waals surface area contributed by atoms with Gasteiger partial charge < -0.3 is 15.2 Å². The lowest BCUT2D eigenvalue weighted by Gasteiger charge is -2.35. The highest BCUT2D eigenvalue weighted by molar-refractivity contribution is 5.81. The van der Waals surface area contributed by atoms with Crippen LogP contribution in [0.25, 0.3) is 0 Å². The molecule has 1 saturated heterocycles. The van der Waals surface area contributed by atoms with Crippen LogP contribution in [0.1, 0.15) is 45.4 Å². The van der Waals surface area contributed by atoms with Crippen molar-refractivity contribution in [1.29, 1.82) is 0 Å². The zero-order valence-electron chi connectivity index (χ0n) is 12.5. The Morgan fingerprint density at radius 1 is 1.30 bits per heavy atom. The summed E-state index contributed by atoms with van der Waals surface area (Å²) in [6.45, 7) is 4.30. The van der Waals surface area contributed by atoms with E-state index in [-0.39, 0.29) is 24.7 Å². The molecule has 1 saturated carbocycles. The summed E-state index contributed by atoms with van der Waals surface area (Å²) in [5.74, 6) is 0.173. The second-order valence-corrected chi connectivity index (χ2v) is 6.00. The third kappa shape index (κ3) is 4.43. The molecule has 5 heteroatoms. The Morgan fingerprint density at radius 3 is 2.55 bits per heavy atom. The molecule has 0 aromatic rings. The fourth-order valence-corrected chi connectivity index (χ4v) is 3.21. The zero-order chi connectivity index (χ0) is 14.4. The van der Waals surface area contributed by atoms with E-state index in [0.29, 0.717) is 12.6 Å². The van der Waals surface area contributed by atoms with Crippen molar-refractivity contribution in [3.8, 4) is 0 Å². The van der Waals surface area contributed by atoms with Crippen LogP contribution in [0.3, 0.4) is 0 Å². The lowest BCUT2D eigenvalue weighted by atomic mass is 10.1. The number of nitrogens with zero attached hydrogens (tertiary/aromatic N) is 1. The first-order valence-electron chi connectivity index (χ1n) is 7.97. The number of aliphatic hydroxyl groups is 1. The summed E-state index contributed by atoms with van der Waals surface area (Å²) in [5, 5.41) is 11.9. The highest BCUT2D eigenvalue weighted by Crippen LogP contribution is 2.19. The number of ether oxygens (including phenoxy) is 1. The van der Waals surface area contributed by atoms with E-state index >= 15 is 0 Å². The third-order valence-corrected chi connectivity index (χ3v) is 4.55. The summed E-state index contributed by atoms with van der Waals surface area (Å²) in [4.78, 5) is 14.5. The fourth-order valence-electron chi connectivity index (χ4n) is 3.21. The summed E-state index contributed by atoms with van der Waals surface area (Å²) < 4.78 is 5.55. The molecule has 0 radical (unpaired) electrons. The van der Waals surface area contributed by atoms with Gasteiger partial charge in [-0.05, 0) is 32.6 Å². The maximum Gasteiger partial charge on any atom is 0.237 e. The normalized spacial score (nSPS) is 23.9. The van der Waals surface area contributed by atoms with Gasteiger partial charge in [0.15, 0.2) is 0 Å². The average Bonchev–Trinajstić information content (AvgIpc) is 2.97. The molecule has 0 bridgehead atoms. The van der Waals surface area contributed by atoms with Gasteiger partial charge in [0.05, 0.1) is 25.4 Å². The first-order valence-corrected chi connectivity index (χ1v) is 7.97. The van der Waals surface area contributed by atoms with Crippen LogP contribution < -0.4 is 5.32 Å². The number of rotatable bonds is 6. The van der Waals surface area contributed by atoms with Crippen molar-refractivity contribution in [3.05, 3.63) is 0 Å². The van der Waals surface area contributed by atoms with Crippen LogP contribution in [0.2, 0.25) is 0 Å². The number of likely N-dealkylation sites (tertiary alicyclic amines) is 1. The second kappa shape index (κ2) is 7.96. The topological polar surface area (TPSA) is 61.8 Å². The summed E-state index contributed by atoms with van der Waals surface area (Å²) in [6.07, 6.45) is 6.89. The number of aliphatic hydroxyl groups excluding tert-OH is 1. The van der Waals surface area contributed by atoms with Gasteiger partial charge >= 0.3 is 0 Å². The van der Waals surface area contributed by atoms with Crippen molar-refractivity contribution in [2.75, 3.05) is 26.3 Å². The molecule has 1 atom stereocenters. The van der Waals surface area contributed by atoms with Gasteiger partial charge in [-0.15, -0.1) is 0 Å². The molecule has 20 heavy (non-hydrogen) atoms. The van der Waals surface area contributed by atoms with Gasteiger partial charge in [0.2, 0.25) is 5.91 Å². The average molecular weight is 284 g/mol. The van der Waals surface area contributed by atoms with E-state index in [0.717, 1.165) is 38.8 Å². The van der Waals surface area contributed by atoms with Crippen molar-refractivity contribution in [2.45, 2.75) is 63.6 Å². The Hall–Kier alpha value is -0.650. The molecule has 1 amide bonds. The van der Waals surface area contributed by atoms with Crippen LogP contribution in [0.15, 0.2) is 0 Å². The molecule has 1 aliphatic carbocycles. The number of nitrogens with one attached hydrogen (secondary N) is 1. The van der Waals surface area contributed by atoms with Gasteiger partial charge in [-0.25, -0.2) is 0 Å². The highest BCUT2D eigenvalue weighted by Gasteiger charge is 2.28. The predicted molar refractivity (Wildman–Crippen MR) is 77.5 cm³/mol. The lowest BCUT2D eigenvalue weighted by Crippen LogP contribution is -2.51. The highest BCUT2D eigenvalue weighted by atomic mass is 16.5. The van der Waals surface area contributed by atoms with Gasteiger partial charge in [0.25, 0.3) is 0 Å². The molecule has 0 aromatic carbocycles. The van der Waals surface area contributed by atoms with E-state index in [1.165, 1.54) is 12.8 Å². The van der Waals surface area contributed by atoms with Crippen molar-refractivity contribution < 1.29 is 14.6 Å². The molecular weight excluding hydrogens is 256 g/mol. The van der Waals surface area contributed by atoms with Crippen molar-refractivity contribution in [1.82, 2.24) is 10.2 Å². The maximum atomic E-state index is 12.2. The molecule has 0 aromatic heterocycles. The Morgan fingerprint density at radius 2 is 1.95 bits per heavy atom. The summed E-state index contributed by atoms with van der Waals surface area (Å²) in [6, 6.07) is 0.352. The van der Waals surface area contributed by atoms with E-state index < -0.39 is 0 Å². The molecular formula is C15H28N2O3. The summed E-state index contributed by atoms with van der Waals surface area (Å²) in [7, 11) is 0. The smallest absolute Gasteiger partial charge is 0.237 e. The van der Waals surface area contributed by atoms with Crippen LogP contribution in [0.4, 0.5) is 0 Å². The van der Waals surface area contributed by atoms with Crippen molar-refractivity contribution >= 4 is 5.91 Å². The third-order valence-electron chi connectivity index (χ3n) is 4.55. The first-order chi connectivity index (χ1) is 9.70. The molecule has 1 unspecified atom stereocenters. The minimum absolute atomic E-state index is 0.0469. The Bertz CT molecular complexity index is 297. The van der Waals surface area contributed by atoms with Crippen molar-refractivity contribution in [2.24, 2.45) is 0 Å². The minimum atomic E-state index is -0.0469. The number of carbonyl (C=O) groups is 1. The quantitative estimate of drug-likeness (QED) is 0.761. The largest absolute Gasteiger partial charge is 0.394 e. The molecule has 2 fully saturated rings. The Labute approximate surface area is 121 Å². The van der Waals surface area contributed by atoms with Gasteiger partial charge in [-0.2, -0.15) is 0 Å². The molecule has 1 heterocycles. The Balaban J connectivity index is 1.70. The predicted octanol–water partition coefficient (Wildman–Crippen LogP) is 0.907. The van der Waals surface area contributed by atoms with Crippen LogP contribution in [-0.4, -0.2) is 60.4 Å². The van der Waals surface area contributed by atoms with Gasteiger partial charge in [0.1, 0.15) is 0 Å². The van der Waals surface area contributed by atoms with E-state index in [1.54, 1.807) is 0 Å². The van der Waals surface area contributed by atoms with E-state index in [9.17, 15) is 4.79 Å². The summed E-state index contributed by atoms with van der Waals surface area (Å²) in [5.41, 5.74) is 0.